The molecule has 0 radical (unpaired) electrons. The summed E-state index contributed by atoms with van der Waals surface area (Å²) >= 11 is 5.88. The van der Waals surface area contributed by atoms with Gasteiger partial charge in [0.1, 0.15) is 11.5 Å². The third kappa shape index (κ3) is 3.19. The second kappa shape index (κ2) is 6.89. The topological polar surface area (TPSA) is 73.6 Å². The van der Waals surface area contributed by atoms with E-state index < -0.39 is 5.82 Å². The second-order valence-corrected chi connectivity index (χ2v) is 6.52. The Bertz CT molecular complexity index is 1200. The Balaban J connectivity index is 1.83. The first-order valence-electron chi connectivity index (χ1n) is 8.47. The van der Waals surface area contributed by atoms with Crippen LogP contribution in [0.2, 0.25) is 5.02 Å². The molecule has 0 saturated carbocycles. The molecule has 0 spiro atoms. The number of aromatic amines is 2. The number of nitrogens with one attached hydrogen (secondary N) is 3. The van der Waals surface area contributed by atoms with E-state index in [0.29, 0.717) is 17.5 Å². The zero-order chi connectivity index (χ0) is 19.0. The van der Waals surface area contributed by atoms with Crippen molar-refractivity contribution in [2.24, 2.45) is 0 Å². The van der Waals surface area contributed by atoms with Gasteiger partial charge in [0.05, 0.1) is 16.4 Å². The number of pyridine rings is 2. The highest BCUT2D eigenvalue weighted by Gasteiger charge is 2.13. The summed E-state index contributed by atoms with van der Waals surface area (Å²) in [5, 5.41) is 4.30. The van der Waals surface area contributed by atoms with E-state index in [1.165, 1.54) is 18.2 Å². The van der Waals surface area contributed by atoms with E-state index in [1.807, 2.05) is 25.3 Å². The standard InChI is InChI=1S/C20H16ClFN4O/c1-2-16-18(25-17-6-8-24-19-12(17)5-7-23-19)10-13(20(27)26-16)11-3-4-15(22)14(21)9-11/h3-10H,2H2,1H3,(H,26,27)(H2,23,24,25). The van der Waals surface area contributed by atoms with Gasteiger partial charge in [-0.2, -0.15) is 0 Å². The average Bonchev–Trinajstić information content (AvgIpc) is 3.15. The zero-order valence-electron chi connectivity index (χ0n) is 14.4. The smallest absolute Gasteiger partial charge is 0.256 e. The van der Waals surface area contributed by atoms with Gasteiger partial charge in [0, 0.05) is 29.0 Å². The molecule has 0 aliphatic rings. The normalized spacial score (nSPS) is 11.1. The van der Waals surface area contributed by atoms with Gasteiger partial charge in [-0.15, -0.1) is 0 Å². The third-order valence-electron chi connectivity index (χ3n) is 4.44. The van der Waals surface area contributed by atoms with Crippen LogP contribution in [-0.2, 0) is 6.42 Å². The summed E-state index contributed by atoms with van der Waals surface area (Å²) in [5.41, 5.74) is 3.89. The van der Waals surface area contributed by atoms with Crippen molar-refractivity contribution in [2.45, 2.75) is 13.3 Å². The fourth-order valence-electron chi connectivity index (χ4n) is 3.05. The van der Waals surface area contributed by atoms with E-state index in [1.54, 1.807) is 12.3 Å². The maximum Gasteiger partial charge on any atom is 0.256 e. The summed E-state index contributed by atoms with van der Waals surface area (Å²) in [4.78, 5) is 22.8. The molecule has 5 nitrogen and oxygen atoms in total. The molecule has 0 saturated heterocycles. The number of hydrogen-bond donors (Lipinski definition) is 3. The molecule has 0 aliphatic carbocycles. The number of hydrogen-bond acceptors (Lipinski definition) is 3. The minimum atomic E-state index is -0.521. The van der Waals surface area contributed by atoms with Crippen molar-refractivity contribution < 1.29 is 4.39 Å². The van der Waals surface area contributed by atoms with Gasteiger partial charge in [0.15, 0.2) is 0 Å². The number of aromatic nitrogens is 3. The van der Waals surface area contributed by atoms with Crippen molar-refractivity contribution in [3.8, 4) is 11.1 Å². The highest BCUT2D eigenvalue weighted by molar-refractivity contribution is 6.31. The summed E-state index contributed by atoms with van der Waals surface area (Å²) in [6, 6.07) is 9.81. The van der Waals surface area contributed by atoms with Crippen molar-refractivity contribution in [1.82, 2.24) is 15.0 Å². The Labute approximate surface area is 159 Å². The number of fused-ring (bicyclic) bond motifs is 1. The molecule has 0 bridgehead atoms. The molecule has 3 aromatic heterocycles. The summed E-state index contributed by atoms with van der Waals surface area (Å²) in [6.07, 6.45) is 4.17. The van der Waals surface area contributed by atoms with Crippen LogP contribution in [0, 0.1) is 5.82 Å². The molecular formula is C20H16ClFN4O. The summed E-state index contributed by atoms with van der Waals surface area (Å²) in [6.45, 7) is 1.96. The lowest BCUT2D eigenvalue weighted by atomic mass is 10.1. The van der Waals surface area contributed by atoms with Crippen LogP contribution in [0.4, 0.5) is 15.8 Å². The lowest BCUT2D eigenvalue weighted by Gasteiger charge is -2.14. The summed E-state index contributed by atoms with van der Waals surface area (Å²) in [5.74, 6) is -0.521. The van der Waals surface area contributed by atoms with E-state index in [0.717, 1.165) is 28.1 Å². The van der Waals surface area contributed by atoms with E-state index in [4.69, 9.17) is 11.6 Å². The molecule has 7 heteroatoms. The maximum absolute atomic E-state index is 13.5. The van der Waals surface area contributed by atoms with Gasteiger partial charge >= 0.3 is 0 Å². The molecule has 0 amide bonds. The van der Waals surface area contributed by atoms with Crippen LogP contribution >= 0.6 is 11.6 Å². The van der Waals surface area contributed by atoms with E-state index >= 15 is 0 Å². The Morgan fingerprint density at radius 1 is 1.19 bits per heavy atom. The van der Waals surface area contributed by atoms with Crippen molar-refractivity contribution in [3.05, 3.63) is 75.7 Å². The van der Waals surface area contributed by atoms with Gasteiger partial charge in [0.2, 0.25) is 0 Å². The van der Waals surface area contributed by atoms with Crippen LogP contribution in [0.5, 0.6) is 0 Å². The van der Waals surface area contributed by atoms with Gasteiger partial charge < -0.3 is 15.3 Å². The Kier molecular flexibility index (Phi) is 4.41. The molecule has 0 unspecified atom stereocenters. The SMILES string of the molecule is CCc1[nH]c(=O)c(-c2ccc(F)c(Cl)c2)cc1Nc1ccnc2[nH]ccc12. The summed E-state index contributed by atoms with van der Waals surface area (Å²) in [7, 11) is 0. The maximum atomic E-state index is 13.5. The first-order chi connectivity index (χ1) is 13.1. The number of halogens is 2. The van der Waals surface area contributed by atoms with Crippen molar-refractivity contribution >= 4 is 34.0 Å². The molecule has 4 rings (SSSR count). The Morgan fingerprint density at radius 2 is 2.04 bits per heavy atom. The molecule has 0 atom stereocenters. The third-order valence-corrected chi connectivity index (χ3v) is 4.73. The van der Waals surface area contributed by atoms with Crippen LogP contribution in [0.15, 0.2) is 53.6 Å². The van der Waals surface area contributed by atoms with Crippen molar-refractivity contribution in [2.75, 3.05) is 5.32 Å². The largest absolute Gasteiger partial charge is 0.353 e. The minimum absolute atomic E-state index is 0.0239. The highest BCUT2D eigenvalue weighted by atomic mass is 35.5. The lowest BCUT2D eigenvalue weighted by Crippen LogP contribution is -2.13. The predicted octanol–water partition coefficient (Wildman–Crippen LogP) is 5.02. The van der Waals surface area contributed by atoms with Gasteiger partial charge in [0.25, 0.3) is 5.56 Å². The number of rotatable bonds is 4. The molecule has 4 aromatic rings. The van der Waals surface area contributed by atoms with Gasteiger partial charge in [-0.1, -0.05) is 24.6 Å². The van der Waals surface area contributed by atoms with Gasteiger partial charge in [-0.25, -0.2) is 9.37 Å². The van der Waals surface area contributed by atoms with Crippen LogP contribution in [0.25, 0.3) is 22.2 Å². The molecule has 136 valence electrons. The minimum Gasteiger partial charge on any atom is -0.353 e. The number of benzene rings is 1. The molecule has 3 heterocycles. The molecule has 3 N–H and O–H groups in total. The zero-order valence-corrected chi connectivity index (χ0v) is 15.2. The molecular weight excluding hydrogens is 367 g/mol. The van der Waals surface area contributed by atoms with Crippen molar-refractivity contribution in [1.29, 1.82) is 0 Å². The van der Waals surface area contributed by atoms with Crippen LogP contribution in [0.3, 0.4) is 0 Å². The Morgan fingerprint density at radius 3 is 2.81 bits per heavy atom. The fourth-order valence-corrected chi connectivity index (χ4v) is 3.23. The van der Waals surface area contributed by atoms with Gasteiger partial charge in [-0.3, -0.25) is 4.79 Å². The average molecular weight is 383 g/mol. The quantitative estimate of drug-likeness (QED) is 0.464. The molecule has 0 aliphatic heterocycles. The van der Waals surface area contributed by atoms with E-state index in [9.17, 15) is 9.18 Å². The number of aryl methyl sites for hydroxylation is 1. The number of H-pyrrole nitrogens is 2. The molecule has 0 fully saturated rings. The summed E-state index contributed by atoms with van der Waals surface area (Å²) < 4.78 is 13.5. The van der Waals surface area contributed by atoms with Gasteiger partial charge in [-0.05, 0) is 42.3 Å². The van der Waals surface area contributed by atoms with Crippen LogP contribution in [0.1, 0.15) is 12.6 Å². The first kappa shape index (κ1) is 17.3. The fraction of sp³-hybridized carbons (Fsp3) is 0.100. The van der Waals surface area contributed by atoms with Crippen LogP contribution < -0.4 is 10.9 Å². The van der Waals surface area contributed by atoms with Crippen molar-refractivity contribution in [3.63, 3.8) is 0 Å². The highest BCUT2D eigenvalue weighted by Crippen LogP contribution is 2.29. The lowest BCUT2D eigenvalue weighted by molar-refractivity contribution is 0.628. The number of anilines is 2. The first-order valence-corrected chi connectivity index (χ1v) is 8.85. The molecule has 1 aromatic carbocycles. The monoisotopic (exact) mass is 382 g/mol. The Hall–Kier alpha value is -3.12. The van der Waals surface area contributed by atoms with Crippen LogP contribution in [-0.4, -0.2) is 15.0 Å². The van der Waals surface area contributed by atoms with E-state index in [-0.39, 0.29) is 10.6 Å². The molecule has 27 heavy (non-hydrogen) atoms. The predicted molar refractivity (Wildman–Crippen MR) is 106 cm³/mol. The van der Waals surface area contributed by atoms with E-state index in [2.05, 4.69) is 20.3 Å². The second-order valence-electron chi connectivity index (χ2n) is 6.11. The number of nitrogens with zero attached hydrogens (tertiary/aromatic N) is 1.